The average molecular weight is 382 g/mol. The quantitative estimate of drug-likeness (QED) is 0.484. The summed E-state index contributed by atoms with van der Waals surface area (Å²) in [6.45, 7) is 10.8. The predicted molar refractivity (Wildman–Crippen MR) is 90.1 cm³/mol. The standard InChI is InChI=1S/C12H22N4S.HI/c1-5-16(6-2)12(13)14-7-9(3)11-15-10(4)8-17-11;/h8-9H,5-7H2,1-4H3,(H2,13,14);1H. The first-order valence-electron chi connectivity index (χ1n) is 6.05. The highest BCUT2D eigenvalue weighted by molar-refractivity contribution is 14.0. The molecule has 0 aliphatic carbocycles. The molecule has 1 aromatic rings. The molecule has 1 atom stereocenters. The summed E-state index contributed by atoms with van der Waals surface area (Å²) in [6.07, 6.45) is 0. The largest absolute Gasteiger partial charge is 0.370 e. The fourth-order valence-electron chi connectivity index (χ4n) is 1.55. The lowest BCUT2D eigenvalue weighted by atomic mass is 10.2. The third-order valence-electron chi connectivity index (χ3n) is 2.67. The van der Waals surface area contributed by atoms with Crippen molar-refractivity contribution in [2.24, 2.45) is 10.7 Å². The van der Waals surface area contributed by atoms with Crippen molar-refractivity contribution in [2.45, 2.75) is 33.6 Å². The molecular weight excluding hydrogens is 359 g/mol. The SMILES string of the molecule is CCN(CC)C(N)=NCC(C)c1nc(C)cs1.I. The Morgan fingerprint density at radius 1 is 1.50 bits per heavy atom. The molecule has 1 unspecified atom stereocenters. The molecule has 0 radical (unpaired) electrons. The first-order valence-corrected chi connectivity index (χ1v) is 6.93. The molecule has 6 heteroatoms. The zero-order chi connectivity index (χ0) is 12.8. The second-order valence-electron chi connectivity index (χ2n) is 4.10. The molecule has 0 saturated carbocycles. The lowest BCUT2D eigenvalue weighted by Crippen LogP contribution is -2.37. The smallest absolute Gasteiger partial charge is 0.191 e. The summed E-state index contributed by atoms with van der Waals surface area (Å²) in [5, 5.41) is 3.21. The number of aryl methyl sites for hydroxylation is 1. The maximum Gasteiger partial charge on any atom is 0.191 e. The topological polar surface area (TPSA) is 54.5 Å². The predicted octanol–water partition coefficient (Wildman–Crippen LogP) is 2.83. The van der Waals surface area contributed by atoms with Crippen molar-refractivity contribution < 1.29 is 0 Å². The van der Waals surface area contributed by atoms with E-state index in [1.54, 1.807) is 11.3 Å². The van der Waals surface area contributed by atoms with Crippen molar-refractivity contribution in [3.8, 4) is 0 Å². The van der Waals surface area contributed by atoms with Gasteiger partial charge in [0.1, 0.15) is 0 Å². The van der Waals surface area contributed by atoms with Gasteiger partial charge in [-0.15, -0.1) is 35.3 Å². The molecule has 0 aliphatic rings. The van der Waals surface area contributed by atoms with Gasteiger partial charge in [-0.2, -0.15) is 0 Å². The molecule has 104 valence electrons. The zero-order valence-electron chi connectivity index (χ0n) is 11.5. The number of aliphatic imine (C=N–C) groups is 1. The third-order valence-corrected chi connectivity index (χ3v) is 3.87. The lowest BCUT2D eigenvalue weighted by molar-refractivity contribution is 0.457. The summed E-state index contributed by atoms with van der Waals surface area (Å²) in [6, 6.07) is 0. The number of halogens is 1. The van der Waals surface area contributed by atoms with Crippen molar-refractivity contribution in [2.75, 3.05) is 19.6 Å². The van der Waals surface area contributed by atoms with Crippen LogP contribution in [0, 0.1) is 6.92 Å². The second kappa shape index (κ2) is 8.68. The summed E-state index contributed by atoms with van der Waals surface area (Å²) in [5.41, 5.74) is 7.01. The van der Waals surface area contributed by atoms with Gasteiger partial charge in [-0.1, -0.05) is 6.92 Å². The van der Waals surface area contributed by atoms with Gasteiger partial charge in [0.05, 0.1) is 11.6 Å². The minimum Gasteiger partial charge on any atom is -0.370 e. The van der Waals surface area contributed by atoms with Gasteiger partial charge in [0, 0.05) is 30.1 Å². The average Bonchev–Trinajstić information content (AvgIpc) is 2.74. The molecule has 0 bridgehead atoms. The number of hydrogen-bond acceptors (Lipinski definition) is 3. The van der Waals surface area contributed by atoms with E-state index in [2.05, 4.69) is 41.0 Å². The number of rotatable bonds is 5. The van der Waals surface area contributed by atoms with Gasteiger partial charge in [-0.25, -0.2) is 4.98 Å². The van der Waals surface area contributed by atoms with Gasteiger partial charge in [0.2, 0.25) is 0 Å². The van der Waals surface area contributed by atoms with E-state index in [1.807, 2.05) is 6.92 Å². The number of guanidine groups is 1. The van der Waals surface area contributed by atoms with E-state index in [9.17, 15) is 0 Å². The number of nitrogens with zero attached hydrogens (tertiary/aromatic N) is 3. The van der Waals surface area contributed by atoms with Crippen LogP contribution in [-0.2, 0) is 0 Å². The first kappa shape index (κ1) is 17.6. The molecule has 0 saturated heterocycles. The van der Waals surface area contributed by atoms with Crippen molar-refractivity contribution >= 4 is 41.3 Å². The molecular formula is C12H23IN4S. The molecule has 18 heavy (non-hydrogen) atoms. The highest BCUT2D eigenvalue weighted by atomic mass is 127. The van der Waals surface area contributed by atoms with Gasteiger partial charge in [-0.3, -0.25) is 4.99 Å². The Balaban J connectivity index is 0.00000289. The lowest BCUT2D eigenvalue weighted by Gasteiger charge is -2.19. The van der Waals surface area contributed by atoms with Crippen molar-refractivity contribution in [3.05, 3.63) is 16.1 Å². The molecule has 0 aliphatic heterocycles. The minimum atomic E-state index is 0. The number of thiazole rings is 1. The van der Waals surface area contributed by atoms with E-state index in [0.29, 0.717) is 18.4 Å². The Hall–Kier alpha value is -0.370. The van der Waals surface area contributed by atoms with Crippen molar-refractivity contribution in [1.82, 2.24) is 9.88 Å². The normalized spacial score (nSPS) is 13.0. The third kappa shape index (κ3) is 5.09. The van der Waals surface area contributed by atoms with Gasteiger partial charge in [0.25, 0.3) is 0 Å². The highest BCUT2D eigenvalue weighted by Gasteiger charge is 2.10. The van der Waals surface area contributed by atoms with E-state index in [1.165, 1.54) is 0 Å². The molecule has 0 fully saturated rings. The van der Waals surface area contributed by atoms with E-state index in [-0.39, 0.29) is 24.0 Å². The maximum atomic E-state index is 5.93. The Labute approximate surface area is 131 Å². The van der Waals surface area contributed by atoms with Crippen molar-refractivity contribution in [3.63, 3.8) is 0 Å². The molecule has 0 aromatic carbocycles. The van der Waals surface area contributed by atoms with E-state index in [4.69, 9.17) is 5.73 Å². The van der Waals surface area contributed by atoms with Crippen LogP contribution in [-0.4, -0.2) is 35.5 Å². The molecule has 0 amide bonds. The van der Waals surface area contributed by atoms with Crippen LogP contribution in [0.5, 0.6) is 0 Å². The van der Waals surface area contributed by atoms with Crippen LogP contribution in [0.2, 0.25) is 0 Å². The van der Waals surface area contributed by atoms with Crippen LogP contribution in [0.15, 0.2) is 10.4 Å². The number of nitrogens with two attached hydrogens (primary N) is 1. The van der Waals surface area contributed by atoms with Gasteiger partial charge < -0.3 is 10.6 Å². The minimum absolute atomic E-state index is 0. The van der Waals surface area contributed by atoms with Gasteiger partial charge >= 0.3 is 0 Å². The second-order valence-corrected chi connectivity index (χ2v) is 4.99. The molecule has 0 spiro atoms. The van der Waals surface area contributed by atoms with Crippen molar-refractivity contribution in [1.29, 1.82) is 0 Å². The van der Waals surface area contributed by atoms with Crippen LogP contribution >= 0.6 is 35.3 Å². The van der Waals surface area contributed by atoms with E-state index in [0.717, 1.165) is 23.8 Å². The van der Waals surface area contributed by atoms with E-state index < -0.39 is 0 Å². The summed E-state index contributed by atoms with van der Waals surface area (Å²) in [4.78, 5) is 11.0. The summed E-state index contributed by atoms with van der Waals surface area (Å²) in [7, 11) is 0. The number of aromatic nitrogens is 1. The molecule has 4 nitrogen and oxygen atoms in total. The molecule has 2 N–H and O–H groups in total. The summed E-state index contributed by atoms with van der Waals surface area (Å²) < 4.78 is 0. The van der Waals surface area contributed by atoms with Crippen LogP contribution in [0.25, 0.3) is 0 Å². The number of hydrogen-bond donors (Lipinski definition) is 1. The summed E-state index contributed by atoms with van der Waals surface area (Å²) in [5.74, 6) is 0.970. The first-order chi connectivity index (χ1) is 8.08. The van der Waals surface area contributed by atoms with Gasteiger partial charge in [-0.05, 0) is 20.8 Å². The van der Waals surface area contributed by atoms with E-state index >= 15 is 0 Å². The van der Waals surface area contributed by atoms with Crippen LogP contribution < -0.4 is 5.73 Å². The Kier molecular flexibility index (Phi) is 8.51. The van der Waals surface area contributed by atoms with Crippen LogP contribution in [0.4, 0.5) is 0 Å². The Morgan fingerprint density at radius 2 is 2.11 bits per heavy atom. The monoisotopic (exact) mass is 382 g/mol. The summed E-state index contributed by atoms with van der Waals surface area (Å²) >= 11 is 1.69. The Morgan fingerprint density at radius 3 is 2.56 bits per heavy atom. The molecule has 1 rings (SSSR count). The highest BCUT2D eigenvalue weighted by Crippen LogP contribution is 2.19. The maximum absolute atomic E-state index is 5.93. The fourth-order valence-corrected chi connectivity index (χ4v) is 2.40. The zero-order valence-corrected chi connectivity index (χ0v) is 14.7. The van der Waals surface area contributed by atoms with Gasteiger partial charge in [0.15, 0.2) is 5.96 Å². The molecule has 1 heterocycles. The van der Waals surface area contributed by atoms with Crippen LogP contribution in [0.1, 0.15) is 37.4 Å². The van der Waals surface area contributed by atoms with Crippen LogP contribution in [0.3, 0.4) is 0 Å². The molecule has 1 aromatic heterocycles. The Bertz CT molecular complexity index is 374. The fraction of sp³-hybridized carbons (Fsp3) is 0.667.